The minimum atomic E-state index is -0.377. The fourth-order valence-corrected chi connectivity index (χ4v) is 3.56. The summed E-state index contributed by atoms with van der Waals surface area (Å²) < 4.78 is 5.05. The van der Waals surface area contributed by atoms with E-state index in [4.69, 9.17) is 27.9 Å². The van der Waals surface area contributed by atoms with Crippen molar-refractivity contribution in [3.8, 4) is 0 Å². The number of carbonyl (C=O) groups excluding carboxylic acids is 2. The van der Waals surface area contributed by atoms with E-state index in [1.165, 1.54) is 6.08 Å². The zero-order valence-corrected chi connectivity index (χ0v) is 17.1. The number of hydrogen-bond acceptors (Lipinski definition) is 3. The summed E-state index contributed by atoms with van der Waals surface area (Å²) in [4.78, 5) is 25.2. The molecule has 27 heavy (non-hydrogen) atoms. The van der Waals surface area contributed by atoms with Gasteiger partial charge in [0.2, 0.25) is 5.91 Å². The molecule has 0 bridgehead atoms. The van der Waals surface area contributed by atoms with Gasteiger partial charge >= 0.3 is 5.97 Å². The van der Waals surface area contributed by atoms with Crippen molar-refractivity contribution in [3.63, 3.8) is 0 Å². The molecule has 1 heterocycles. The number of cyclic esters (lactones) is 1. The number of rotatable bonds is 5. The van der Waals surface area contributed by atoms with Crippen LogP contribution in [0.25, 0.3) is 0 Å². The molecule has 7 heteroatoms. The molecule has 2 aromatic rings. The number of hydrogen-bond donors (Lipinski definition) is 1. The van der Waals surface area contributed by atoms with E-state index in [2.05, 4.69) is 21.2 Å². The van der Waals surface area contributed by atoms with Crippen molar-refractivity contribution < 1.29 is 14.3 Å². The minimum Gasteiger partial charge on any atom is -0.422 e. The van der Waals surface area contributed by atoms with Gasteiger partial charge in [0.25, 0.3) is 0 Å². The summed E-state index contributed by atoms with van der Waals surface area (Å²) in [6.45, 7) is 0. The summed E-state index contributed by atoms with van der Waals surface area (Å²) in [5.41, 5.74) is 3.04. The van der Waals surface area contributed by atoms with Crippen molar-refractivity contribution in [1.82, 2.24) is 0 Å². The van der Waals surface area contributed by atoms with Gasteiger partial charge in [0.05, 0.1) is 6.42 Å². The first-order valence-electron chi connectivity index (χ1n) is 8.01. The van der Waals surface area contributed by atoms with Gasteiger partial charge in [-0.3, -0.25) is 4.79 Å². The number of esters is 1. The third-order valence-corrected chi connectivity index (χ3v) is 5.07. The Hall–Kier alpha value is -2.08. The molecule has 0 aromatic heterocycles. The van der Waals surface area contributed by atoms with Gasteiger partial charge in [0, 0.05) is 38.8 Å². The third-order valence-electron chi connectivity index (χ3n) is 3.95. The number of anilines is 1. The first-order chi connectivity index (χ1) is 13.0. The second-order valence-corrected chi connectivity index (χ2v) is 7.14. The van der Waals surface area contributed by atoms with E-state index in [1.54, 1.807) is 35.3 Å². The smallest absolute Gasteiger partial charge is 0.336 e. The first kappa shape index (κ1) is 19.7. The lowest BCUT2D eigenvalue weighted by atomic mass is 10.0. The Labute approximate surface area is 174 Å². The normalized spacial score (nSPS) is 14.9. The molecule has 0 saturated heterocycles. The van der Waals surface area contributed by atoms with E-state index in [1.807, 2.05) is 12.1 Å². The molecule has 4 nitrogen and oxygen atoms in total. The number of nitrogens with one attached hydrogen (secondary N) is 1. The monoisotopic (exact) mass is 465 g/mol. The van der Waals surface area contributed by atoms with E-state index in [-0.39, 0.29) is 18.3 Å². The predicted octanol–water partition coefficient (Wildman–Crippen LogP) is 5.44. The van der Waals surface area contributed by atoms with Crippen LogP contribution in [0.15, 0.2) is 64.9 Å². The standard InChI is InChI=1S/C20H14BrCl2NO3/c21-11-18-13(9-20(26)27-18)8-12-4-6-14(7-5-12)24-19(25)10-15-16(22)2-1-3-17(15)23/h1-7,9,11H,8,10H2,(H,24,25)/b18-11+. The maximum Gasteiger partial charge on any atom is 0.336 e. The third kappa shape index (κ3) is 5.01. The minimum absolute atomic E-state index is 0.0893. The molecule has 0 spiro atoms. The fourth-order valence-electron chi connectivity index (χ4n) is 2.64. The van der Waals surface area contributed by atoms with Crippen LogP contribution in [0.2, 0.25) is 10.0 Å². The second-order valence-electron chi connectivity index (χ2n) is 5.86. The molecule has 0 aliphatic carbocycles. The molecule has 1 aliphatic rings. The van der Waals surface area contributed by atoms with Crippen LogP contribution >= 0.6 is 39.1 Å². The zero-order chi connectivity index (χ0) is 19.4. The molecule has 0 radical (unpaired) electrons. The van der Waals surface area contributed by atoms with Crippen molar-refractivity contribution in [2.24, 2.45) is 0 Å². The van der Waals surface area contributed by atoms with Crippen LogP contribution in [-0.2, 0) is 27.2 Å². The van der Waals surface area contributed by atoms with E-state index in [0.29, 0.717) is 33.5 Å². The topological polar surface area (TPSA) is 55.4 Å². The molecular weight excluding hydrogens is 453 g/mol. The largest absolute Gasteiger partial charge is 0.422 e. The highest BCUT2D eigenvalue weighted by Crippen LogP contribution is 2.26. The second kappa shape index (κ2) is 8.74. The molecule has 2 aromatic carbocycles. The van der Waals surface area contributed by atoms with Crippen LogP contribution in [0.3, 0.4) is 0 Å². The molecule has 0 saturated carbocycles. The lowest BCUT2D eigenvalue weighted by Crippen LogP contribution is -2.15. The number of ether oxygens (including phenoxy) is 1. The summed E-state index contributed by atoms with van der Waals surface area (Å²) in [6.07, 6.45) is 2.11. The maximum atomic E-state index is 12.3. The molecule has 3 rings (SSSR count). The molecule has 0 atom stereocenters. The predicted molar refractivity (Wildman–Crippen MR) is 110 cm³/mol. The van der Waals surface area contributed by atoms with E-state index in [9.17, 15) is 9.59 Å². The van der Waals surface area contributed by atoms with E-state index >= 15 is 0 Å². The van der Waals surface area contributed by atoms with Crippen LogP contribution in [0.4, 0.5) is 5.69 Å². The first-order valence-corrected chi connectivity index (χ1v) is 9.68. The van der Waals surface area contributed by atoms with Gasteiger partial charge in [-0.15, -0.1) is 0 Å². The fraction of sp³-hybridized carbons (Fsp3) is 0.100. The van der Waals surface area contributed by atoms with Gasteiger partial charge in [-0.05, 0) is 35.4 Å². The average Bonchev–Trinajstić information content (AvgIpc) is 2.99. The van der Waals surface area contributed by atoms with E-state index < -0.39 is 0 Å². The van der Waals surface area contributed by atoms with Crippen molar-refractivity contribution in [2.75, 3.05) is 5.32 Å². The van der Waals surface area contributed by atoms with Gasteiger partial charge in [-0.2, -0.15) is 0 Å². The SMILES string of the molecule is O=C(Cc1c(Cl)cccc1Cl)Nc1ccc(CC2=CC(=O)O/C2=C/Br)cc1. The van der Waals surface area contributed by atoms with E-state index in [0.717, 1.165) is 11.1 Å². The molecule has 1 aliphatic heterocycles. The number of benzene rings is 2. The number of allylic oxidation sites excluding steroid dienone is 1. The van der Waals surface area contributed by atoms with Crippen molar-refractivity contribution in [1.29, 1.82) is 0 Å². The maximum absolute atomic E-state index is 12.3. The molecule has 138 valence electrons. The highest BCUT2D eigenvalue weighted by molar-refractivity contribution is 9.11. The lowest BCUT2D eigenvalue weighted by Gasteiger charge is -2.09. The van der Waals surface area contributed by atoms with Gasteiger partial charge < -0.3 is 10.1 Å². The summed E-state index contributed by atoms with van der Waals surface area (Å²) >= 11 is 15.4. The van der Waals surface area contributed by atoms with Crippen LogP contribution in [0.1, 0.15) is 11.1 Å². The van der Waals surface area contributed by atoms with Crippen molar-refractivity contribution in [3.05, 3.63) is 86.0 Å². The average molecular weight is 467 g/mol. The Balaban J connectivity index is 1.63. The Morgan fingerprint density at radius 2 is 1.78 bits per heavy atom. The molecule has 0 fully saturated rings. The zero-order valence-electron chi connectivity index (χ0n) is 14.0. The molecular formula is C20H14BrCl2NO3. The summed E-state index contributed by atoms with van der Waals surface area (Å²) in [6, 6.07) is 12.5. The van der Waals surface area contributed by atoms with Gasteiger partial charge in [-0.1, -0.05) is 57.3 Å². The van der Waals surface area contributed by atoms with Gasteiger partial charge in [0.15, 0.2) is 0 Å². The highest BCUT2D eigenvalue weighted by atomic mass is 79.9. The van der Waals surface area contributed by atoms with Gasteiger partial charge in [0.1, 0.15) is 5.76 Å². The number of amides is 1. The Bertz CT molecular complexity index is 932. The lowest BCUT2D eigenvalue weighted by molar-refractivity contribution is -0.132. The quantitative estimate of drug-likeness (QED) is 0.597. The molecule has 1 amide bonds. The van der Waals surface area contributed by atoms with Crippen LogP contribution in [0.5, 0.6) is 0 Å². The highest BCUT2D eigenvalue weighted by Gasteiger charge is 2.19. The Kier molecular flexibility index (Phi) is 6.37. The summed E-state index contributed by atoms with van der Waals surface area (Å²) in [5.74, 6) is -0.0772. The summed E-state index contributed by atoms with van der Waals surface area (Å²) in [5, 5.41) is 3.75. The van der Waals surface area contributed by atoms with Crippen molar-refractivity contribution >= 4 is 56.7 Å². The van der Waals surface area contributed by atoms with Gasteiger partial charge in [-0.25, -0.2) is 4.79 Å². The van der Waals surface area contributed by atoms with Crippen molar-refractivity contribution in [2.45, 2.75) is 12.8 Å². The molecule has 0 unspecified atom stereocenters. The number of carbonyl (C=O) groups is 2. The Morgan fingerprint density at radius 1 is 1.11 bits per heavy atom. The molecule has 1 N–H and O–H groups in total. The Morgan fingerprint density at radius 3 is 2.41 bits per heavy atom. The van der Waals surface area contributed by atoms with Crippen LogP contribution < -0.4 is 5.32 Å². The summed E-state index contributed by atoms with van der Waals surface area (Å²) in [7, 11) is 0. The number of halogens is 3. The van der Waals surface area contributed by atoms with Crippen LogP contribution in [-0.4, -0.2) is 11.9 Å². The van der Waals surface area contributed by atoms with Crippen LogP contribution in [0, 0.1) is 0 Å².